The van der Waals surface area contributed by atoms with E-state index in [-0.39, 0.29) is 5.97 Å². The Labute approximate surface area is 178 Å². The second-order valence-corrected chi connectivity index (χ2v) is 7.19. The molecular formula is C23H30N4O3. The van der Waals surface area contributed by atoms with Crippen molar-refractivity contribution in [2.45, 2.75) is 18.9 Å². The van der Waals surface area contributed by atoms with E-state index >= 15 is 0 Å². The van der Waals surface area contributed by atoms with Crippen LogP contribution in [0.1, 0.15) is 22.3 Å². The molecule has 0 saturated carbocycles. The van der Waals surface area contributed by atoms with Gasteiger partial charge in [-0.1, -0.05) is 24.3 Å². The van der Waals surface area contributed by atoms with Crippen LogP contribution >= 0.6 is 0 Å². The van der Waals surface area contributed by atoms with Crippen molar-refractivity contribution in [3.63, 3.8) is 0 Å². The number of nitrogens with zero attached hydrogens (tertiary/aromatic N) is 2. The van der Waals surface area contributed by atoms with Crippen molar-refractivity contribution in [2.75, 3.05) is 45.8 Å². The third-order valence-corrected chi connectivity index (χ3v) is 5.26. The number of nitrogens with one attached hydrogen (secondary N) is 2. The highest BCUT2D eigenvalue weighted by Gasteiger charge is 2.25. The van der Waals surface area contributed by atoms with Crippen LogP contribution in [0.2, 0.25) is 0 Å². The maximum atomic E-state index is 11.5. The minimum Gasteiger partial charge on any atom is -0.495 e. The lowest BCUT2D eigenvalue weighted by molar-refractivity contribution is 0.0600. The van der Waals surface area contributed by atoms with Gasteiger partial charge in [0.15, 0.2) is 5.96 Å². The topological polar surface area (TPSA) is 75.2 Å². The maximum Gasteiger partial charge on any atom is 0.337 e. The maximum absolute atomic E-state index is 11.5. The minimum absolute atomic E-state index is 0.317. The van der Waals surface area contributed by atoms with E-state index in [2.05, 4.69) is 26.6 Å². The third kappa shape index (κ3) is 5.43. The van der Waals surface area contributed by atoms with Crippen LogP contribution in [-0.4, -0.2) is 58.9 Å². The monoisotopic (exact) mass is 410 g/mol. The van der Waals surface area contributed by atoms with Crippen LogP contribution in [0.3, 0.4) is 0 Å². The van der Waals surface area contributed by atoms with Crippen molar-refractivity contribution >= 4 is 17.6 Å². The Morgan fingerprint density at radius 2 is 1.93 bits per heavy atom. The number of esters is 1. The van der Waals surface area contributed by atoms with Crippen molar-refractivity contribution in [1.82, 2.24) is 10.6 Å². The molecule has 2 aromatic rings. The first-order valence-electron chi connectivity index (χ1n) is 10.2. The molecule has 0 aromatic heterocycles. The second-order valence-electron chi connectivity index (χ2n) is 7.19. The molecule has 0 amide bonds. The normalized spacial score (nSPS) is 16.3. The number of benzene rings is 2. The third-order valence-electron chi connectivity index (χ3n) is 5.26. The van der Waals surface area contributed by atoms with Gasteiger partial charge in [-0.2, -0.15) is 0 Å². The average molecular weight is 411 g/mol. The molecule has 1 saturated heterocycles. The summed E-state index contributed by atoms with van der Waals surface area (Å²) in [6, 6.07) is 15.9. The van der Waals surface area contributed by atoms with Crippen molar-refractivity contribution in [3.8, 4) is 5.75 Å². The summed E-state index contributed by atoms with van der Waals surface area (Å²) in [6.07, 6.45) is 1.87. The highest BCUT2D eigenvalue weighted by atomic mass is 16.5. The molecule has 1 fully saturated rings. The van der Waals surface area contributed by atoms with Gasteiger partial charge in [-0.25, -0.2) is 4.79 Å². The molecule has 30 heavy (non-hydrogen) atoms. The number of methoxy groups -OCH3 is 2. The highest BCUT2D eigenvalue weighted by molar-refractivity contribution is 5.89. The molecule has 1 aliphatic rings. The van der Waals surface area contributed by atoms with Gasteiger partial charge in [-0.15, -0.1) is 0 Å². The summed E-state index contributed by atoms with van der Waals surface area (Å²) in [4.78, 5) is 18.2. The molecule has 0 bridgehead atoms. The zero-order valence-electron chi connectivity index (χ0n) is 17.9. The van der Waals surface area contributed by atoms with Gasteiger partial charge < -0.3 is 25.0 Å². The minimum atomic E-state index is -0.317. The van der Waals surface area contributed by atoms with Crippen LogP contribution in [0.15, 0.2) is 53.5 Å². The van der Waals surface area contributed by atoms with Gasteiger partial charge in [0.25, 0.3) is 0 Å². The van der Waals surface area contributed by atoms with Gasteiger partial charge in [0.05, 0.1) is 25.5 Å². The summed E-state index contributed by atoms with van der Waals surface area (Å²) in [6.45, 7) is 2.62. The zero-order chi connectivity index (χ0) is 21.3. The molecule has 7 nitrogen and oxygen atoms in total. The van der Waals surface area contributed by atoms with Crippen molar-refractivity contribution in [3.05, 3.63) is 59.7 Å². The molecule has 0 radical (unpaired) electrons. The molecule has 1 atom stereocenters. The second kappa shape index (κ2) is 10.5. The summed E-state index contributed by atoms with van der Waals surface area (Å²) in [5.74, 6) is 1.38. The van der Waals surface area contributed by atoms with Gasteiger partial charge >= 0.3 is 5.97 Å². The van der Waals surface area contributed by atoms with E-state index < -0.39 is 0 Å². The predicted octanol–water partition coefficient (Wildman–Crippen LogP) is 2.47. The molecule has 2 aromatic carbocycles. The molecule has 1 aliphatic heterocycles. The number of aliphatic imine (C=N–C) groups is 1. The molecule has 1 heterocycles. The van der Waals surface area contributed by atoms with Crippen LogP contribution in [0.5, 0.6) is 5.75 Å². The molecule has 2 N–H and O–H groups in total. The van der Waals surface area contributed by atoms with Crippen LogP contribution in [-0.2, 0) is 11.2 Å². The molecule has 0 aliphatic carbocycles. The van der Waals surface area contributed by atoms with E-state index in [4.69, 9.17) is 9.47 Å². The van der Waals surface area contributed by atoms with Crippen molar-refractivity contribution < 1.29 is 14.3 Å². The number of carbonyl (C=O) groups excluding carboxylic acids is 1. The Balaban J connectivity index is 1.46. The fourth-order valence-corrected chi connectivity index (χ4v) is 3.63. The Morgan fingerprint density at radius 1 is 1.17 bits per heavy atom. The Morgan fingerprint density at radius 3 is 2.63 bits per heavy atom. The van der Waals surface area contributed by atoms with Crippen LogP contribution in [0.4, 0.5) is 5.69 Å². The van der Waals surface area contributed by atoms with Gasteiger partial charge in [0.2, 0.25) is 0 Å². The molecule has 3 rings (SSSR count). The summed E-state index contributed by atoms with van der Waals surface area (Å²) in [5.41, 5.74) is 2.84. The lowest BCUT2D eigenvalue weighted by atomic mass is 10.1. The molecule has 7 heteroatoms. The number of anilines is 1. The number of hydrogen-bond donors (Lipinski definition) is 2. The van der Waals surface area contributed by atoms with Gasteiger partial charge in [-0.3, -0.25) is 4.99 Å². The first-order valence-corrected chi connectivity index (χ1v) is 10.2. The van der Waals surface area contributed by atoms with E-state index in [1.165, 1.54) is 7.11 Å². The van der Waals surface area contributed by atoms with Gasteiger partial charge in [0, 0.05) is 32.7 Å². The van der Waals surface area contributed by atoms with E-state index in [0.29, 0.717) is 11.6 Å². The largest absolute Gasteiger partial charge is 0.495 e. The molecular weight excluding hydrogens is 380 g/mol. The Hall–Kier alpha value is -3.22. The van der Waals surface area contributed by atoms with Crippen molar-refractivity contribution in [2.24, 2.45) is 4.99 Å². The van der Waals surface area contributed by atoms with E-state index in [1.54, 1.807) is 26.3 Å². The van der Waals surface area contributed by atoms with Crippen LogP contribution in [0, 0.1) is 0 Å². The SMILES string of the molecule is CN=C(NCCc1ccc(C(=O)OC)cc1)NC1CCN(c2ccccc2OC)C1. The fourth-order valence-electron chi connectivity index (χ4n) is 3.63. The lowest BCUT2D eigenvalue weighted by Gasteiger charge is -2.22. The standard InChI is InChI=1S/C23H30N4O3/c1-24-23(25-14-12-17-8-10-18(11-9-17)22(28)30-3)26-19-13-15-27(16-19)20-6-4-5-7-21(20)29-2/h4-11,19H,12-16H2,1-3H3,(H2,24,25,26). The zero-order valence-corrected chi connectivity index (χ0v) is 17.9. The van der Waals surface area contributed by atoms with Crippen LogP contribution < -0.4 is 20.3 Å². The average Bonchev–Trinajstić information content (AvgIpc) is 3.26. The van der Waals surface area contributed by atoms with Gasteiger partial charge in [-0.05, 0) is 42.7 Å². The van der Waals surface area contributed by atoms with Crippen molar-refractivity contribution in [1.29, 1.82) is 0 Å². The number of guanidine groups is 1. The summed E-state index contributed by atoms with van der Waals surface area (Å²) in [7, 11) is 4.88. The smallest absolute Gasteiger partial charge is 0.337 e. The first kappa shape index (κ1) is 21.5. The lowest BCUT2D eigenvalue weighted by Crippen LogP contribution is -2.45. The summed E-state index contributed by atoms with van der Waals surface area (Å²) in [5, 5.41) is 6.89. The summed E-state index contributed by atoms with van der Waals surface area (Å²) < 4.78 is 10.2. The Bertz CT molecular complexity index is 867. The number of rotatable bonds is 7. The predicted molar refractivity (Wildman–Crippen MR) is 120 cm³/mol. The number of hydrogen-bond acceptors (Lipinski definition) is 5. The number of carbonyl (C=O) groups is 1. The fraction of sp³-hybridized carbons (Fsp3) is 0.391. The molecule has 160 valence electrons. The van der Waals surface area contributed by atoms with E-state index in [1.807, 2.05) is 30.3 Å². The quantitative estimate of drug-likeness (QED) is 0.415. The molecule has 1 unspecified atom stereocenters. The Kier molecular flexibility index (Phi) is 7.54. The number of ether oxygens (including phenoxy) is 2. The molecule has 0 spiro atoms. The van der Waals surface area contributed by atoms with E-state index in [0.717, 1.165) is 55.4 Å². The highest BCUT2D eigenvalue weighted by Crippen LogP contribution is 2.30. The summed E-state index contributed by atoms with van der Waals surface area (Å²) >= 11 is 0. The first-order chi connectivity index (χ1) is 14.6. The van der Waals surface area contributed by atoms with Gasteiger partial charge in [0.1, 0.15) is 5.75 Å². The van der Waals surface area contributed by atoms with E-state index in [9.17, 15) is 4.79 Å². The van der Waals surface area contributed by atoms with Crippen LogP contribution in [0.25, 0.3) is 0 Å². The number of para-hydroxylation sites is 2.